The zero-order chi connectivity index (χ0) is 11.9. The fourth-order valence-corrected chi connectivity index (χ4v) is 2.81. The Balaban J connectivity index is 2.14. The number of nitrogens with zero attached hydrogens (tertiary/aromatic N) is 3. The van der Waals surface area contributed by atoms with Crippen LogP contribution in [0.4, 0.5) is 0 Å². The molecule has 5 heteroatoms. The number of aromatic nitrogens is 3. The lowest BCUT2D eigenvalue weighted by atomic mass is 9.91. The van der Waals surface area contributed by atoms with Crippen molar-refractivity contribution >= 4 is 22.6 Å². The maximum absolute atomic E-state index is 10.7. The van der Waals surface area contributed by atoms with Crippen LogP contribution < -0.4 is 0 Å². The van der Waals surface area contributed by atoms with E-state index in [0.29, 0.717) is 5.15 Å². The lowest BCUT2D eigenvalue weighted by Crippen LogP contribution is -2.35. The maximum Gasteiger partial charge on any atom is 0.147 e. The van der Waals surface area contributed by atoms with Crippen molar-refractivity contribution in [2.24, 2.45) is 0 Å². The molecule has 1 saturated carbocycles. The summed E-state index contributed by atoms with van der Waals surface area (Å²) in [5.74, 6) is 0. The topological polar surface area (TPSA) is 50.9 Å². The Bertz CT molecular complexity index is 546. The lowest BCUT2D eigenvalue weighted by Gasteiger charge is -2.33. The second kappa shape index (κ2) is 3.96. The van der Waals surface area contributed by atoms with Gasteiger partial charge in [-0.1, -0.05) is 18.0 Å². The van der Waals surface area contributed by atoms with Crippen molar-refractivity contribution in [2.45, 2.75) is 37.8 Å². The molecule has 17 heavy (non-hydrogen) atoms. The first-order chi connectivity index (χ1) is 8.21. The van der Waals surface area contributed by atoms with Gasteiger partial charge in [0.1, 0.15) is 22.9 Å². The second-order valence-electron chi connectivity index (χ2n) is 4.63. The predicted molar refractivity (Wildman–Crippen MR) is 65.8 cm³/mol. The largest absolute Gasteiger partial charge is 0.370 e. The van der Waals surface area contributed by atoms with Gasteiger partial charge in [-0.15, -0.1) is 0 Å². The molecule has 4 nitrogen and oxygen atoms in total. The Hall–Kier alpha value is -1.13. The van der Waals surface area contributed by atoms with Crippen molar-refractivity contribution in [3.05, 3.63) is 23.7 Å². The van der Waals surface area contributed by atoms with E-state index in [9.17, 15) is 5.11 Å². The third kappa shape index (κ3) is 1.72. The van der Waals surface area contributed by atoms with Gasteiger partial charge in [-0.2, -0.15) is 0 Å². The molecular formula is C12H14ClN3O. The van der Waals surface area contributed by atoms with Crippen molar-refractivity contribution in [3.8, 4) is 0 Å². The average molecular weight is 252 g/mol. The first-order valence-electron chi connectivity index (χ1n) is 5.91. The van der Waals surface area contributed by atoms with Crippen LogP contribution in [0.15, 0.2) is 18.6 Å². The van der Waals surface area contributed by atoms with E-state index in [1.807, 2.05) is 16.8 Å². The van der Waals surface area contributed by atoms with Crippen LogP contribution in [0.5, 0.6) is 0 Å². The highest BCUT2D eigenvalue weighted by atomic mass is 35.5. The van der Waals surface area contributed by atoms with Crippen LogP contribution in [0.2, 0.25) is 5.15 Å². The van der Waals surface area contributed by atoms with Gasteiger partial charge in [-0.05, 0) is 31.7 Å². The molecule has 1 aliphatic rings. The van der Waals surface area contributed by atoms with Gasteiger partial charge in [-0.25, -0.2) is 9.97 Å². The van der Waals surface area contributed by atoms with Crippen molar-refractivity contribution in [3.63, 3.8) is 0 Å². The standard InChI is InChI=1S/C12H14ClN3O/c13-10-9-4-7-16(11(9)15-8-14-10)12(17)5-2-1-3-6-12/h4,7-8,17H,1-3,5-6H2. The Labute approximate surface area is 104 Å². The van der Waals surface area contributed by atoms with Gasteiger partial charge in [0.05, 0.1) is 5.39 Å². The van der Waals surface area contributed by atoms with Crippen LogP contribution in [0, 0.1) is 0 Å². The minimum atomic E-state index is -0.808. The Kier molecular flexibility index (Phi) is 2.56. The number of halogens is 1. The minimum absolute atomic E-state index is 0.438. The molecule has 0 amide bonds. The SMILES string of the molecule is OC1(n2ccc3c(Cl)ncnc32)CCCCC1. The highest BCUT2D eigenvalue weighted by Crippen LogP contribution is 2.35. The number of hydrogen-bond donors (Lipinski definition) is 1. The monoisotopic (exact) mass is 251 g/mol. The lowest BCUT2D eigenvalue weighted by molar-refractivity contribution is -0.0660. The number of aliphatic hydroxyl groups is 1. The van der Waals surface area contributed by atoms with Gasteiger partial charge in [-0.3, -0.25) is 0 Å². The van der Waals surface area contributed by atoms with E-state index in [0.717, 1.165) is 36.7 Å². The van der Waals surface area contributed by atoms with E-state index in [4.69, 9.17) is 11.6 Å². The molecule has 0 atom stereocenters. The molecule has 0 spiro atoms. The van der Waals surface area contributed by atoms with E-state index in [2.05, 4.69) is 9.97 Å². The third-order valence-corrected chi connectivity index (χ3v) is 3.84. The summed E-state index contributed by atoms with van der Waals surface area (Å²) in [5, 5.41) is 11.9. The Morgan fingerprint density at radius 2 is 2.00 bits per heavy atom. The van der Waals surface area contributed by atoms with E-state index in [1.165, 1.54) is 12.7 Å². The number of rotatable bonds is 1. The Morgan fingerprint density at radius 1 is 1.24 bits per heavy atom. The first-order valence-corrected chi connectivity index (χ1v) is 6.29. The van der Waals surface area contributed by atoms with Crippen molar-refractivity contribution in [2.75, 3.05) is 0 Å². The smallest absolute Gasteiger partial charge is 0.147 e. The van der Waals surface area contributed by atoms with Crippen LogP contribution in [-0.2, 0) is 5.72 Å². The van der Waals surface area contributed by atoms with E-state index < -0.39 is 5.72 Å². The highest BCUT2D eigenvalue weighted by Gasteiger charge is 2.32. The highest BCUT2D eigenvalue weighted by molar-refractivity contribution is 6.33. The zero-order valence-electron chi connectivity index (χ0n) is 9.43. The summed E-state index contributed by atoms with van der Waals surface area (Å²) in [5.41, 5.74) is -0.0908. The summed E-state index contributed by atoms with van der Waals surface area (Å²) in [6, 6.07) is 1.87. The second-order valence-corrected chi connectivity index (χ2v) is 4.99. The molecule has 2 aromatic rings. The third-order valence-electron chi connectivity index (χ3n) is 3.54. The van der Waals surface area contributed by atoms with Crippen LogP contribution in [0.3, 0.4) is 0 Å². The summed E-state index contributed by atoms with van der Waals surface area (Å²) in [4.78, 5) is 8.18. The summed E-state index contributed by atoms with van der Waals surface area (Å²) in [6.45, 7) is 0. The van der Waals surface area contributed by atoms with E-state index in [1.54, 1.807) is 0 Å². The van der Waals surface area contributed by atoms with Gasteiger partial charge in [0, 0.05) is 6.20 Å². The predicted octanol–water partition coefficient (Wildman–Crippen LogP) is 2.69. The van der Waals surface area contributed by atoms with Crippen LogP contribution >= 0.6 is 11.6 Å². The van der Waals surface area contributed by atoms with Gasteiger partial charge in [0.2, 0.25) is 0 Å². The first kappa shape index (κ1) is 11.0. The molecule has 0 unspecified atom stereocenters. The summed E-state index contributed by atoms with van der Waals surface area (Å²) in [6.07, 6.45) is 8.14. The van der Waals surface area contributed by atoms with Crippen LogP contribution in [-0.4, -0.2) is 19.6 Å². The minimum Gasteiger partial charge on any atom is -0.370 e. The van der Waals surface area contributed by atoms with Crippen molar-refractivity contribution in [1.29, 1.82) is 0 Å². The fraction of sp³-hybridized carbons (Fsp3) is 0.500. The van der Waals surface area contributed by atoms with Gasteiger partial charge >= 0.3 is 0 Å². The molecule has 1 aliphatic carbocycles. The molecule has 0 radical (unpaired) electrons. The molecule has 0 aromatic carbocycles. The van der Waals surface area contributed by atoms with Crippen molar-refractivity contribution < 1.29 is 5.11 Å². The quantitative estimate of drug-likeness (QED) is 0.793. The van der Waals surface area contributed by atoms with Gasteiger partial charge in [0.15, 0.2) is 0 Å². The summed E-state index contributed by atoms with van der Waals surface area (Å²) >= 11 is 6.01. The molecule has 2 aromatic heterocycles. The number of hydrogen-bond acceptors (Lipinski definition) is 3. The molecule has 1 fully saturated rings. The van der Waals surface area contributed by atoms with Gasteiger partial charge < -0.3 is 9.67 Å². The van der Waals surface area contributed by atoms with Crippen molar-refractivity contribution in [1.82, 2.24) is 14.5 Å². The van der Waals surface area contributed by atoms with Crippen LogP contribution in [0.25, 0.3) is 11.0 Å². The fourth-order valence-electron chi connectivity index (χ4n) is 2.62. The van der Waals surface area contributed by atoms with Gasteiger partial charge in [0.25, 0.3) is 0 Å². The van der Waals surface area contributed by atoms with Crippen LogP contribution in [0.1, 0.15) is 32.1 Å². The normalized spacial score (nSPS) is 19.6. The molecule has 2 heterocycles. The molecular weight excluding hydrogens is 238 g/mol. The molecule has 90 valence electrons. The van der Waals surface area contributed by atoms with E-state index >= 15 is 0 Å². The number of fused-ring (bicyclic) bond motifs is 1. The molecule has 0 aliphatic heterocycles. The summed E-state index contributed by atoms with van der Waals surface area (Å²) < 4.78 is 1.84. The molecule has 0 saturated heterocycles. The molecule has 0 bridgehead atoms. The average Bonchev–Trinajstić information content (AvgIpc) is 2.76. The maximum atomic E-state index is 10.7. The summed E-state index contributed by atoms with van der Waals surface area (Å²) in [7, 11) is 0. The molecule has 1 N–H and O–H groups in total. The zero-order valence-corrected chi connectivity index (χ0v) is 10.2. The molecule has 3 rings (SSSR count). The van der Waals surface area contributed by atoms with E-state index in [-0.39, 0.29) is 0 Å². The Morgan fingerprint density at radius 3 is 2.76 bits per heavy atom.